The van der Waals surface area contributed by atoms with Gasteiger partial charge in [-0.3, -0.25) is 9.69 Å². The molecule has 3 N–H and O–H groups in total. The van der Waals surface area contributed by atoms with E-state index < -0.39 is 17.9 Å². The van der Waals surface area contributed by atoms with Gasteiger partial charge in [-0.25, -0.2) is 4.79 Å². The van der Waals surface area contributed by atoms with E-state index in [-0.39, 0.29) is 25.3 Å². The van der Waals surface area contributed by atoms with Gasteiger partial charge < -0.3 is 25.2 Å². The van der Waals surface area contributed by atoms with E-state index in [1.54, 1.807) is 0 Å². The Hall–Kier alpha value is -1.38. The van der Waals surface area contributed by atoms with E-state index in [2.05, 4.69) is 15.5 Å². The van der Waals surface area contributed by atoms with Crippen LogP contribution in [0, 0.1) is 5.92 Å². The summed E-state index contributed by atoms with van der Waals surface area (Å²) in [6.07, 6.45) is 0. The van der Waals surface area contributed by atoms with Gasteiger partial charge >= 0.3 is 12.0 Å². The molecule has 2 fully saturated rings. The second kappa shape index (κ2) is 7.58. The topological polar surface area (TPSA) is 100 Å². The maximum Gasteiger partial charge on any atom is 0.315 e. The molecule has 2 amide bonds. The van der Waals surface area contributed by atoms with Crippen LogP contribution in [-0.2, 0) is 14.3 Å². The van der Waals surface area contributed by atoms with Crippen LogP contribution in [0.4, 0.5) is 4.79 Å². The van der Waals surface area contributed by atoms with Crippen LogP contribution in [0.1, 0.15) is 6.92 Å². The van der Waals surface area contributed by atoms with Crippen LogP contribution in [0.15, 0.2) is 0 Å². The monoisotopic (exact) mass is 301 g/mol. The summed E-state index contributed by atoms with van der Waals surface area (Å²) in [7, 11) is 0. The smallest absolute Gasteiger partial charge is 0.315 e. The minimum absolute atomic E-state index is 0.0197. The second-order valence-electron chi connectivity index (χ2n) is 5.52. The molecule has 2 saturated heterocycles. The van der Waals surface area contributed by atoms with Gasteiger partial charge in [-0.1, -0.05) is 0 Å². The molecular weight excluding hydrogens is 278 g/mol. The summed E-state index contributed by atoms with van der Waals surface area (Å²) in [4.78, 5) is 25.1. The van der Waals surface area contributed by atoms with E-state index in [0.29, 0.717) is 0 Å². The molecular formula is C13H23N3O5. The lowest BCUT2D eigenvalue weighted by Crippen LogP contribution is -2.52. The van der Waals surface area contributed by atoms with Crippen molar-refractivity contribution in [2.45, 2.75) is 19.0 Å². The van der Waals surface area contributed by atoms with Gasteiger partial charge in [0, 0.05) is 25.7 Å². The number of carboxylic acids is 1. The first-order valence-electron chi connectivity index (χ1n) is 7.24. The molecule has 0 radical (unpaired) electrons. The number of morpholine rings is 1. The molecule has 120 valence electrons. The zero-order valence-electron chi connectivity index (χ0n) is 12.2. The van der Waals surface area contributed by atoms with Gasteiger partial charge in [0.05, 0.1) is 32.5 Å². The van der Waals surface area contributed by atoms with E-state index in [1.165, 1.54) is 0 Å². The molecule has 8 heteroatoms. The quantitative estimate of drug-likeness (QED) is 0.609. The van der Waals surface area contributed by atoms with E-state index in [1.807, 2.05) is 6.92 Å². The molecule has 2 aliphatic rings. The number of aliphatic carboxylic acids is 1. The fourth-order valence-corrected chi connectivity index (χ4v) is 2.59. The summed E-state index contributed by atoms with van der Waals surface area (Å²) in [6.45, 7) is 6.23. The van der Waals surface area contributed by atoms with Crippen LogP contribution < -0.4 is 10.6 Å². The van der Waals surface area contributed by atoms with E-state index in [0.717, 1.165) is 32.8 Å². The Balaban J connectivity index is 1.71. The Bertz CT molecular complexity index is 373. The average Bonchev–Trinajstić information content (AvgIpc) is 2.87. The summed E-state index contributed by atoms with van der Waals surface area (Å²) in [6, 6.07) is -0.843. The van der Waals surface area contributed by atoms with E-state index >= 15 is 0 Å². The molecule has 0 saturated carbocycles. The first-order valence-corrected chi connectivity index (χ1v) is 7.24. The Morgan fingerprint density at radius 1 is 1.29 bits per heavy atom. The molecule has 8 nitrogen and oxygen atoms in total. The number of rotatable bonds is 5. The third kappa shape index (κ3) is 4.83. The third-order valence-corrected chi connectivity index (χ3v) is 3.73. The zero-order chi connectivity index (χ0) is 15.2. The molecule has 21 heavy (non-hydrogen) atoms. The summed E-state index contributed by atoms with van der Waals surface area (Å²) in [5, 5.41) is 14.5. The minimum atomic E-state index is -0.945. The molecule has 0 aliphatic carbocycles. The Labute approximate surface area is 123 Å². The number of nitrogens with one attached hydrogen (secondary N) is 2. The number of urea groups is 1. The zero-order valence-corrected chi connectivity index (χ0v) is 12.2. The average molecular weight is 301 g/mol. The molecule has 0 bridgehead atoms. The highest BCUT2D eigenvalue weighted by molar-refractivity contribution is 5.77. The molecule has 3 unspecified atom stereocenters. The van der Waals surface area contributed by atoms with Crippen molar-refractivity contribution in [3.8, 4) is 0 Å². The lowest BCUT2D eigenvalue weighted by atomic mass is 10.0. The normalized spacial score (nSPS) is 28.0. The predicted octanol–water partition coefficient (Wildman–Crippen LogP) is -0.894. The fourth-order valence-electron chi connectivity index (χ4n) is 2.59. The second-order valence-corrected chi connectivity index (χ2v) is 5.52. The lowest BCUT2D eigenvalue weighted by molar-refractivity contribution is -0.142. The van der Waals surface area contributed by atoms with Crippen molar-refractivity contribution >= 4 is 12.0 Å². The van der Waals surface area contributed by atoms with Gasteiger partial charge in [-0.05, 0) is 6.92 Å². The lowest BCUT2D eigenvalue weighted by Gasteiger charge is -2.29. The largest absolute Gasteiger partial charge is 0.481 e. The Morgan fingerprint density at radius 2 is 2.00 bits per heavy atom. The van der Waals surface area contributed by atoms with Crippen LogP contribution in [0.25, 0.3) is 0 Å². The highest BCUT2D eigenvalue weighted by atomic mass is 16.5. The van der Waals surface area contributed by atoms with Crippen LogP contribution in [-0.4, -0.2) is 80.2 Å². The first kappa shape index (κ1) is 16.0. The summed E-state index contributed by atoms with van der Waals surface area (Å²) in [5.41, 5.74) is 0. The minimum Gasteiger partial charge on any atom is -0.481 e. The summed E-state index contributed by atoms with van der Waals surface area (Å²) >= 11 is 0. The van der Waals surface area contributed by atoms with E-state index in [9.17, 15) is 9.59 Å². The molecule has 0 aromatic rings. The summed E-state index contributed by atoms with van der Waals surface area (Å²) < 4.78 is 10.4. The molecule has 2 heterocycles. The maximum absolute atomic E-state index is 11.9. The van der Waals surface area contributed by atoms with Gasteiger partial charge in [0.25, 0.3) is 0 Å². The van der Waals surface area contributed by atoms with Gasteiger partial charge in [0.15, 0.2) is 0 Å². The highest BCUT2D eigenvalue weighted by Gasteiger charge is 2.35. The number of amides is 2. The predicted molar refractivity (Wildman–Crippen MR) is 74.1 cm³/mol. The van der Waals surface area contributed by atoms with Gasteiger partial charge in [0.1, 0.15) is 5.92 Å². The summed E-state index contributed by atoms with van der Waals surface area (Å²) in [5.74, 6) is -1.62. The van der Waals surface area contributed by atoms with Crippen molar-refractivity contribution in [2.24, 2.45) is 5.92 Å². The first-order chi connectivity index (χ1) is 10.1. The number of hydrogen-bond acceptors (Lipinski definition) is 5. The van der Waals surface area contributed by atoms with Crippen LogP contribution >= 0.6 is 0 Å². The van der Waals surface area contributed by atoms with Crippen LogP contribution in [0.2, 0.25) is 0 Å². The molecule has 2 rings (SSSR count). The third-order valence-electron chi connectivity index (χ3n) is 3.73. The van der Waals surface area contributed by atoms with E-state index in [4.69, 9.17) is 14.6 Å². The Morgan fingerprint density at radius 3 is 2.67 bits per heavy atom. The van der Waals surface area contributed by atoms with Crippen molar-refractivity contribution in [1.29, 1.82) is 0 Å². The number of carboxylic acid groups (broad SMARTS) is 1. The molecule has 0 aromatic heterocycles. The SMILES string of the molecule is CC(CN1CCOCC1)NC(=O)NC1COCC1C(=O)O. The standard InChI is InChI=1S/C13H23N3O5/c1-9(6-16-2-4-20-5-3-16)14-13(19)15-11-8-21-7-10(11)12(17)18/h9-11H,2-8H2,1H3,(H,17,18)(H2,14,15,19). The van der Waals surface area contributed by atoms with Crippen LogP contribution in [0.3, 0.4) is 0 Å². The number of nitrogens with zero attached hydrogens (tertiary/aromatic N) is 1. The van der Waals surface area contributed by atoms with Gasteiger partial charge in [-0.15, -0.1) is 0 Å². The van der Waals surface area contributed by atoms with Gasteiger partial charge in [-0.2, -0.15) is 0 Å². The van der Waals surface area contributed by atoms with Crippen molar-refractivity contribution in [3.63, 3.8) is 0 Å². The van der Waals surface area contributed by atoms with Crippen molar-refractivity contribution in [3.05, 3.63) is 0 Å². The molecule has 0 aromatic carbocycles. The number of hydrogen-bond donors (Lipinski definition) is 3. The van der Waals surface area contributed by atoms with Crippen molar-refractivity contribution in [1.82, 2.24) is 15.5 Å². The van der Waals surface area contributed by atoms with Crippen molar-refractivity contribution in [2.75, 3.05) is 46.1 Å². The highest BCUT2D eigenvalue weighted by Crippen LogP contribution is 2.13. The maximum atomic E-state index is 11.9. The number of carbonyl (C=O) groups excluding carboxylic acids is 1. The molecule has 2 aliphatic heterocycles. The Kier molecular flexibility index (Phi) is 5.77. The van der Waals surface area contributed by atoms with Gasteiger partial charge in [0.2, 0.25) is 0 Å². The fraction of sp³-hybridized carbons (Fsp3) is 0.846. The molecule has 0 spiro atoms. The number of carbonyl (C=O) groups is 2. The molecule has 3 atom stereocenters. The number of ether oxygens (including phenoxy) is 2. The van der Waals surface area contributed by atoms with Crippen molar-refractivity contribution < 1.29 is 24.2 Å². The van der Waals surface area contributed by atoms with Crippen LogP contribution in [0.5, 0.6) is 0 Å².